The number of amides is 2. The van der Waals surface area contributed by atoms with E-state index in [1.807, 2.05) is 4.90 Å². The van der Waals surface area contributed by atoms with Crippen molar-refractivity contribution in [1.29, 1.82) is 0 Å². The van der Waals surface area contributed by atoms with Crippen molar-refractivity contribution in [2.75, 3.05) is 32.7 Å². The molecule has 4 rings (SSSR count). The smallest absolute Gasteiger partial charge is 0.245 e. The van der Waals surface area contributed by atoms with Crippen molar-refractivity contribution in [1.82, 2.24) is 19.4 Å². The van der Waals surface area contributed by atoms with Crippen LogP contribution in [0.3, 0.4) is 0 Å². The lowest BCUT2D eigenvalue weighted by Gasteiger charge is -2.40. The maximum absolute atomic E-state index is 13.5. The lowest BCUT2D eigenvalue weighted by atomic mass is 10.00. The molecule has 3 unspecified atom stereocenters. The van der Waals surface area contributed by atoms with E-state index in [0.29, 0.717) is 24.5 Å². The molecule has 2 aliphatic rings. The Morgan fingerprint density at radius 3 is 2.51 bits per heavy atom. The van der Waals surface area contributed by atoms with Gasteiger partial charge in [0.15, 0.2) is 0 Å². The molecule has 2 saturated heterocycles. The van der Waals surface area contributed by atoms with Gasteiger partial charge >= 0.3 is 0 Å². The highest BCUT2D eigenvalue weighted by atomic mass is 35.5. The molecule has 2 heterocycles. The van der Waals surface area contributed by atoms with Crippen LogP contribution in [0, 0.1) is 0 Å². The highest BCUT2D eigenvalue weighted by molar-refractivity contribution is 7.89. The number of carbonyl (C=O) groups is 2. The van der Waals surface area contributed by atoms with Gasteiger partial charge in [0.1, 0.15) is 12.1 Å². The number of hydrogen-bond acceptors (Lipinski definition) is 5. The predicted molar refractivity (Wildman–Crippen MR) is 146 cm³/mol. The zero-order chi connectivity index (χ0) is 26.7. The van der Waals surface area contributed by atoms with Gasteiger partial charge < -0.3 is 14.7 Å². The standard InChI is InChI=1S/C27H37ClN4O4S/c1-4-30(5-2)18-23-8-6-7-14-32(23)26(33)19(3)31-15-13-25(27(31)34)29-37(35,36)24-12-10-20-16-22(28)11-9-21(20)17-24/h9-12,16-17,19,23,25,29H,4-8,13-15,18H2,1-3H3. The molecule has 2 aromatic rings. The number of hydrogen-bond donors (Lipinski definition) is 1. The summed E-state index contributed by atoms with van der Waals surface area (Å²) in [6.07, 6.45) is 3.34. The van der Waals surface area contributed by atoms with E-state index in [-0.39, 0.29) is 22.8 Å². The van der Waals surface area contributed by atoms with E-state index in [1.165, 1.54) is 11.0 Å². The number of likely N-dealkylation sites (N-methyl/N-ethyl adjacent to an activating group) is 1. The van der Waals surface area contributed by atoms with Crippen LogP contribution in [-0.2, 0) is 19.6 Å². The summed E-state index contributed by atoms with van der Waals surface area (Å²) < 4.78 is 28.8. The molecule has 37 heavy (non-hydrogen) atoms. The van der Waals surface area contributed by atoms with Gasteiger partial charge in [-0.1, -0.05) is 37.6 Å². The molecule has 0 radical (unpaired) electrons. The molecule has 0 saturated carbocycles. The number of halogens is 1. The number of likely N-dealkylation sites (tertiary alicyclic amines) is 2. The van der Waals surface area contributed by atoms with E-state index >= 15 is 0 Å². The summed E-state index contributed by atoms with van der Waals surface area (Å²) in [7, 11) is -3.93. The Bertz CT molecular complexity index is 1250. The Hall–Kier alpha value is -2.20. The molecule has 8 nitrogen and oxygen atoms in total. The van der Waals surface area contributed by atoms with Crippen molar-refractivity contribution >= 4 is 44.2 Å². The third-order valence-corrected chi connectivity index (χ3v) is 9.42. The maximum Gasteiger partial charge on any atom is 0.245 e. The van der Waals surface area contributed by atoms with E-state index in [1.54, 1.807) is 37.3 Å². The second kappa shape index (κ2) is 11.7. The molecule has 0 aliphatic carbocycles. The lowest BCUT2D eigenvalue weighted by Crippen LogP contribution is -2.56. The van der Waals surface area contributed by atoms with Crippen LogP contribution in [0.4, 0.5) is 0 Å². The number of nitrogens with zero attached hydrogens (tertiary/aromatic N) is 3. The van der Waals surface area contributed by atoms with Gasteiger partial charge in [0.25, 0.3) is 0 Å². The van der Waals surface area contributed by atoms with Gasteiger partial charge in [-0.3, -0.25) is 9.59 Å². The van der Waals surface area contributed by atoms with Crippen LogP contribution in [0.1, 0.15) is 46.5 Å². The minimum Gasteiger partial charge on any atom is -0.337 e. The number of fused-ring (bicyclic) bond motifs is 1. The van der Waals surface area contributed by atoms with Crippen molar-refractivity contribution in [2.24, 2.45) is 0 Å². The fourth-order valence-corrected chi connectivity index (χ4v) is 6.89. The van der Waals surface area contributed by atoms with E-state index in [0.717, 1.165) is 49.7 Å². The number of benzene rings is 2. The molecule has 0 aromatic heterocycles. The molecule has 1 N–H and O–H groups in total. The topological polar surface area (TPSA) is 90.0 Å². The van der Waals surface area contributed by atoms with E-state index in [4.69, 9.17) is 11.6 Å². The molecule has 2 aliphatic heterocycles. The van der Waals surface area contributed by atoms with Gasteiger partial charge in [0.05, 0.1) is 4.90 Å². The monoisotopic (exact) mass is 548 g/mol. The summed E-state index contributed by atoms with van der Waals surface area (Å²) in [5.74, 6) is -0.406. The van der Waals surface area contributed by atoms with Crippen LogP contribution >= 0.6 is 11.6 Å². The Morgan fingerprint density at radius 1 is 1.08 bits per heavy atom. The summed E-state index contributed by atoms with van der Waals surface area (Å²) in [4.78, 5) is 32.7. The molecular weight excluding hydrogens is 512 g/mol. The fourth-order valence-electron chi connectivity index (χ4n) is 5.45. The van der Waals surface area contributed by atoms with Crippen molar-refractivity contribution < 1.29 is 18.0 Å². The number of sulfonamides is 1. The van der Waals surface area contributed by atoms with Crippen LogP contribution in [0.25, 0.3) is 10.8 Å². The third kappa shape index (κ3) is 6.11. The first-order valence-corrected chi connectivity index (χ1v) is 15.1. The Labute approximate surface area is 225 Å². The fraction of sp³-hybridized carbons (Fsp3) is 0.556. The van der Waals surface area contributed by atoms with Gasteiger partial charge in [-0.05, 0) is 80.7 Å². The van der Waals surface area contributed by atoms with Crippen LogP contribution in [0.15, 0.2) is 41.3 Å². The molecular formula is C27H37ClN4O4S. The molecule has 0 bridgehead atoms. The second-order valence-corrected chi connectivity index (χ2v) is 12.1. The predicted octanol–water partition coefficient (Wildman–Crippen LogP) is 3.48. The van der Waals surface area contributed by atoms with Gasteiger partial charge in [0.2, 0.25) is 21.8 Å². The largest absolute Gasteiger partial charge is 0.337 e. The van der Waals surface area contributed by atoms with Crippen molar-refractivity contribution in [2.45, 2.75) is 69.5 Å². The van der Waals surface area contributed by atoms with Crippen LogP contribution < -0.4 is 4.72 Å². The van der Waals surface area contributed by atoms with Gasteiger partial charge in [-0.15, -0.1) is 0 Å². The molecule has 0 spiro atoms. The third-order valence-electron chi connectivity index (χ3n) is 7.72. The minimum absolute atomic E-state index is 0.0538. The van der Waals surface area contributed by atoms with E-state index in [9.17, 15) is 18.0 Å². The first-order chi connectivity index (χ1) is 17.6. The molecule has 2 fully saturated rings. The second-order valence-electron chi connectivity index (χ2n) is 9.99. The quantitative estimate of drug-likeness (QED) is 0.518. The van der Waals surface area contributed by atoms with Gasteiger partial charge in [-0.25, -0.2) is 8.42 Å². The molecule has 10 heteroatoms. The van der Waals surface area contributed by atoms with Crippen molar-refractivity contribution in [3.63, 3.8) is 0 Å². The first kappa shape index (κ1) is 27.8. The maximum atomic E-state index is 13.5. The summed E-state index contributed by atoms with van der Waals surface area (Å²) in [6, 6.07) is 8.64. The molecule has 202 valence electrons. The van der Waals surface area contributed by atoms with E-state index < -0.39 is 22.1 Å². The first-order valence-electron chi connectivity index (χ1n) is 13.2. The number of piperidine rings is 1. The highest BCUT2D eigenvalue weighted by Crippen LogP contribution is 2.25. The summed E-state index contributed by atoms with van der Waals surface area (Å²) >= 11 is 6.03. The zero-order valence-corrected chi connectivity index (χ0v) is 23.4. The van der Waals surface area contributed by atoms with Crippen molar-refractivity contribution in [3.8, 4) is 0 Å². The van der Waals surface area contributed by atoms with Gasteiger partial charge in [0, 0.05) is 30.7 Å². The summed E-state index contributed by atoms with van der Waals surface area (Å²) in [5.41, 5.74) is 0. The Balaban J connectivity index is 1.44. The Morgan fingerprint density at radius 2 is 1.78 bits per heavy atom. The van der Waals surface area contributed by atoms with Crippen molar-refractivity contribution in [3.05, 3.63) is 41.4 Å². The number of rotatable bonds is 9. The lowest BCUT2D eigenvalue weighted by molar-refractivity contribution is -0.146. The highest BCUT2D eigenvalue weighted by Gasteiger charge is 2.41. The minimum atomic E-state index is -3.93. The SMILES string of the molecule is CCN(CC)CC1CCCCN1C(=O)C(C)N1CCC(NS(=O)(=O)c2ccc3cc(Cl)ccc3c2)C1=O. The Kier molecular flexibility index (Phi) is 8.78. The van der Waals surface area contributed by atoms with Crippen LogP contribution in [-0.4, -0.2) is 85.8 Å². The molecule has 2 aromatic carbocycles. The molecule has 3 atom stereocenters. The zero-order valence-electron chi connectivity index (χ0n) is 21.8. The normalized spacial score (nSPS) is 21.7. The molecule has 2 amide bonds. The average molecular weight is 549 g/mol. The van der Waals surface area contributed by atoms with Crippen LogP contribution in [0.5, 0.6) is 0 Å². The number of carbonyl (C=O) groups excluding carboxylic acids is 2. The summed E-state index contributed by atoms with van der Waals surface area (Å²) in [5, 5.41) is 2.15. The van der Waals surface area contributed by atoms with Crippen LogP contribution in [0.2, 0.25) is 5.02 Å². The number of nitrogens with one attached hydrogen (secondary N) is 1. The van der Waals surface area contributed by atoms with E-state index in [2.05, 4.69) is 23.5 Å². The summed E-state index contributed by atoms with van der Waals surface area (Å²) in [6.45, 7) is 9.74. The van der Waals surface area contributed by atoms with Gasteiger partial charge in [-0.2, -0.15) is 4.72 Å². The average Bonchev–Trinajstić information content (AvgIpc) is 3.25.